The zero-order valence-corrected chi connectivity index (χ0v) is 12.6. The van der Waals surface area contributed by atoms with Crippen molar-refractivity contribution in [3.63, 3.8) is 0 Å². The highest BCUT2D eigenvalue weighted by atomic mass is 16.3. The van der Waals surface area contributed by atoms with Gasteiger partial charge in [0, 0.05) is 12.6 Å². The fraction of sp³-hybridized carbons (Fsp3) is 1.00. The van der Waals surface area contributed by atoms with Crippen molar-refractivity contribution in [2.75, 3.05) is 19.6 Å². The molecule has 0 aliphatic heterocycles. The summed E-state index contributed by atoms with van der Waals surface area (Å²) in [6.45, 7) is 4.92. The van der Waals surface area contributed by atoms with Crippen LogP contribution in [0.15, 0.2) is 0 Å². The molecule has 2 rings (SSSR count). The lowest BCUT2D eigenvalue weighted by atomic mass is 9.98. The summed E-state index contributed by atoms with van der Waals surface area (Å²) in [4.78, 5) is 2.49. The van der Waals surface area contributed by atoms with Crippen LogP contribution in [0.2, 0.25) is 0 Å². The van der Waals surface area contributed by atoms with E-state index in [4.69, 9.17) is 5.73 Å². The lowest BCUT2D eigenvalue weighted by molar-refractivity contribution is 0.0634. The van der Waals surface area contributed by atoms with Crippen LogP contribution in [0.25, 0.3) is 0 Å². The monoisotopic (exact) mass is 268 g/mol. The fourth-order valence-corrected chi connectivity index (χ4v) is 4.25. The SMILES string of the molecule is CCN(CC(O)CC1CCCC1)C1CCCC1CN. The third-order valence-electron chi connectivity index (χ3n) is 5.32. The molecule has 3 nitrogen and oxygen atoms in total. The second kappa shape index (κ2) is 7.61. The first-order valence-electron chi connectivity index (χ1n) is 8.36. The molecule has 0 heterocycles. The van der Waals surface area contributed by atoms with Crippen LogP contribution in [-0.4, -0.2) is 41.8 Å². The Bertz CT molecular complexity index is 253. The first-order chi connectivity index (χ1) is 9.24. The summed E-state index contributed by atoms with van der Waals surface area (Å²) < 4.78 is 0. The number of nitrogens with two attached hydrogens (primary N) is 1. The topological polar surface area (TPSA) is 49.5 Å². The van der Waals surface area contributed by atoms with E-state index >= 15 is 0 Å². The molecule has 2 saturated carbocycles. The van der Waals surface area contributed by atoms with Crippen LogP contribution in [0.4, 0.5) is 0 Å². The van der Waals surface area contributed by atoms with Crippen molar-refractivity contribution < 1.29 is 5.11 Å². The van der Waals surface area contributed by atoms with Crippen molar-refractivity contribution in [1.29, 1.82) is 0 Å². The average molecular weight is 268 g/mol. The van der Waals surface area contributed by atoms with E-state index < -0.39 is 0 Å². The van der Waals surface area contributed by atoms with Gasteiger partial charge in [0.2, 0.25) is 0 Å². The Morgan fingerprint density at radius 2 is 1.89 bits per heavy atom. The van der Waals surface area contributed by atoms with Crippen molar-refractivity contribution in [3.05, 3.63) is 0 Å². The number of aliphatic hydroxyl groups excluding tert-OH is 1. The molecule has 19 heavy (non-hydrogen) atoms. The number of hydrogen-bond donors (Lipinski definition) is 2. The highest BCUT2D eigenvalue weighted by Gasteiger charge is 2.31. The second-order valence-corrected chi connectivity index (χ2v) is 6.62. The van der Waals surface area contributed by atoms with Gasteiger partial charge in [-0.05, 0) is 44.2 Å². The predicted octanol–water partition coefficient (Wildman–Crippen LogP) is 2.38. The van der Waals surface area contributed by atoms with Crippen molar-refractivity contribution in [1.82, 2.24) is 4.90 Å². The van der Waals surface area contributed by atoms with E-state index in [9.17, 15) is 5.11 Å². The third kappa shape index (κ3) is 4.17. The van der Waals surface area contributed by atoms with E-state index in [0.717, 1.165) is 32.0 Å². The van der Waals surface area contributed by atoms with Gasteiger partial charge in [0.15, 0.2) is 0 Å². The molecule has 3 unspecified atom stereocenters. The maximum atomic E-state index is 10.4. The first kappa shape index (κ1) is 15.3. The molecule has 0 amide bonds. The standard InChI is InChI=1S/C16H32N2O/c1-2-18(16-9-5-8-14(16)11-17)12-15(19)10-13-6-3-4-7-13/h13-16,19H,2-12,17H2,1H3. The van der Waals surface area contributed by atoms with Crippen molar-refractivity contribution in [2.24, 2.45) is 17.6 Å². The Morgan fingerprint density at radius 3 is 2.53 bits per heavy atom. The summed E-state index contributed by atoms with van der Waals surface area (Å²) in [5, 5.41) is 10.4. The minimum atomic E-state index is -0.137. The molecule has 2 aliphatic carbocycles. The van der Waals surface area contributed by atoms with E-state index in [2.05, 4.69) is 11.8 Å². The maximum absolute atomic E-state index is 10.4. The van der Waals surface area contributed by atoms with Crippen LogP contribution < -0.4 is 5.73 Å². The van der Waals surface area contributed by atoms with Gasteiger partial charge in [0.05, 0.1) is 6.10 Å². The molecule has 3 N–H and O–H groups in total. The van der Waals surface area contributed by atoms with Gasteiger partial charge in [-0.1, -0.05) is 39.0 Å². The summed E-state index contributed by atoms with van der Waals surface area (Å²) in [7, 11) is 0. The molecule has 0 spiro atoms. The summed E-state index contributed by atoms with van der Waals surface area (Å²) in [6, 6.07) is 0.619. The molecular weight excluding hydrogens is 236 g/mol. The van der Waals surface area contributed by atoms with Crippen LogP contribution in [0, 0.1) is 11.8 Å². The lowest BCUT2D eigenvalue weighted by Gasteiger charge is -2.33. The molecule has 3 atom stereocenters. The van der Waals surface area contributed by atoms with E-state index in [-0.39, 0.29) is 6.10 Å². The van der Waals surface area contributed by atoms with Crippen LogP contribution in [-0.2, 0) is 0 Å². The number of likely N-dealkylation sites (N-methyl/N-ethyl adjacent to an activating group) is 1. The lowest BCUT2D eigenvalue weighted by Crippen LogP contribution is -2.44. The molecule has 2 aliphatic rings. The Hall–Kier alpha value is -0.120. The Labute approximate surface area is 118 Å². The van der Waals surface area contributed by atoms with Crippen LogP contribution >= 0.6 is 0 Å². The summed E-state index contributed by atoms with van der Waals surface area (Å²) in [5.74, 6) is 1.43. The quantitative estimate of drug-likeness (QED) is 0.745. The van der Waals surface area contributed by atoms with Gasteiger partial charge >= 0.3 is 0 Å². The number of hydrogen-bond acceptors (Lipinski definition) is 3. The summed E-state index contributed by atoms with van der Waals surface area (Å²) >= 11 is 0. The van der Waals surface area contributed by atoms with Gasteiger partial charge < -0.3 is 10.8 Å². The number of rotatable bonds is 7. The molecule has 0 radical (unpaired) electrons. The maximum Gasteiger partial charge on any atom is 0.0669 e. The molecule has 0 aromatic rings. The van der Waals surface area contributed by atoms with E-state index in [1.54, 1.807) is 0 Å². The van der Waals surface area contributed by atoms with Crippen molar-refractivity contribution in [3.8, 4) is 0 Å². The second-order valence-electron chi connectivity index (χ2n) is 6.62. The Balaban J connectivity index is 1.80. The van der Waals surface area contributed by atoms with Gasteiger partial charge in [-0.2, -0.15) is 0 Å². The van der Waals surface area contributed by atoms with Crippen LogP contribution in [0.3, 0.4) is 0 Å². The van der Waals surface area contributed by atoms with Gasteiger partial charge in [-0.15, -0.1) is 0 Å². The minimum Gasteiger partial charge on any atom is -0.392 e. The summed E-state index contributed by atoms with van der Waals surface area (Å²) in [5.41, 5.74) is 5.89. The van der Waals surface area contributed by atoms with Crippen molar-refractivity contribution >= 4 is 0 Å². The Morgan fingerprint density at radius 1 is 1.16 bits per heavy atom. The molecular formula is C16H32N2O. The molecule has 112 valence electrons. The summed E-state index contributed by atoms with van der Waals surface area (Å²) in [6.07, 6.45) is 10.1. The van der Waals surface area contributed by atoms with Crippen LogP contribution in [0.5, 0.6) is 0 Å². The molecule has 0 aromatic heterocycles. The van der Waals surface area contributed by atoms with E-state index in [1.165, 1.54) is 44.9 Å². The Kier molecular flexibility index (Phi) is 6.11. The van der Waals surface area contributed by atoms with E-state index in [1.807, 2.05) is 0 Å². The molecule has 0 aromatic carbocycles. The largest absolute Gasteiger partial charge is 0.392 e. The smallest absolute Gasteiger partial charge is 0.0669 e. The van der Waals surface area contributed by atoms with Crippen LogP contribution in [0.1, 0.15) is 58.3 Å². The number of aliphatic hydroxyl groups is 1. The molecule has 0 bridgehead atoms. The average Bonchev–Trinajstić information content (AvgIpc) is 3.06. The fourth-order valence-electron chi connectivity index (χ4n) is 4.25. The molecule has 2 fully saturated rings. The molecule has 0 saturated heterocycles. The molecule has 3 heteroatoms. The third-order valence-corrected chi connectivity index (χ3v) is 5.32. The first-order valence-corrected chi connectivity index (χ1v) is 8.36. The van der Waals surface area contributed by atoms with Gasteiger partial charge in [0.1, 0.15) is 0 Å². The highest BCUT2D eigenvalue weighted by Crippen LogP contribution is 2.31. The van der Waals surface area contributed by atoms with Gasteiger partial charge in [0.25, 0.3) is 0 Å². The minimum absolute atomic E-state index is 0.137. The van der Waals surface area contributed by atoms with Crippen molar-refractivity contribution in [2.45, 2.75) is 70.4 Å². The highest BCUT2D eigenvalue weighted by molar-refractivity contribution is 4.87. The zero-order valence-electron chi connectivity index (χ0n) is 12.6. The number of nitrogens with zero attached hydrogens (tertiary/aromatic N) is 1. The van der Waals surface area contributed by atoms with Gasteiger partial charge in [-0.3, -0.25) is 4.90 Å². The predicted molar refractivity (Wildman–Crippen MR) is 80.0 cm³/mol. The van der Waals surface area contributed by atoms with Gasteiger partial charge in [-0.25, -0.2) is 0 Å². The normalized spacial score (nSPS) is 30.3. The zero-order chi connectivity index (χ0) is 13.7. The van der Waals surface area contributed by atoms with E-state index in [0.29, 0.717) is 12.0 Å².